The number of ketones is 1. The van der Waals surface area contributed by atoms with Gasteiger partial charge in [-0.2, -0.15) is 0 Å². The molecule has 3 rings (SSSR count). The summed E-state index contributed by atoms with van der Waals surface area (Å²) in [4.78, 5) is 12.4. The Hall–Kier alpha value is -3.53. The highest BCUT2D eigenvalue weighted by atomic mass is 16.5. The van der Waals surface area contributed by atoms with Crippen molar-refractivity contribution in [3.8, 4) is 17.2 Å². The molecule has 0 radical (unpaired) electrons. The summed E-state index contributed by atoms with van der Waals surface area (Å²) < 4.78 is 16.4. The topological polar surface area (TPSA) is 44.8 Å². The van der Waals surface area contributed by atoms with Gasteiger partial charge < -0.3 is 14.2 Å². The summed E-state index contributed by atoms with van der Waals surface area (Å²) >= 11 is 0. The minimum absolute atomic E-state index is 0.0863. The number of allylic oxidation sites excluding steroid dienone is 1. The second-order valence-electron chi connectivity index (χ2n) is 6.10. The maximum absolute atomic E-state index is 12.4. The molecule has 0 aliphatic carbocycles. The molecule has 142 valence electrons. The van der Waals surface area contributed by atoms with E-state index >= 15 is 0 Å². The van der Waals surface area contributed by atoms with E-state index in [-0.39, 0.29) is 5.78 Å². The van der Waals surface area contributed by atoms with E-state index < -0.39 is 0 Å². The molecule has 4 nitrogen and oxygen atoms in total. The zero-order chi connectivity index (χ0) is 19.8. The molecule has 0 aromatic heterocycles. The highest BCUT2D eigenvalue weighted by Crippen LogP contribution is 2.23. The maximum Gasteiger partial charge on any atom is 0.185 e. The molecule has 0 saturated heterocycles. The van der Waals surface area contributed by atoms with Gasteiger partial charge >= 0.3 is 0 Å². The molecule has 3 aromatic carbocycles. The highest BCUT2D eigenvalue weighted by Gasteiger charge is 2.06. The summed E-state index contributed by atoms with van der Waals surface area (Å²) in [7, 11) is 3.21. The Morgan fingerprint density at radius 2 is 1.64 bits per heavy atom. The zero-order valence-electron chi connectivity index (χ0n) is 15.9. The number of carbonyl (C=O) groups excluding carboxylic acids is 1. The number of rotatable bonds is 8. The van der Waals surface area contributed by atoms with Crippen molar-refractivity contribution >= 4 is 11.9 Å². The molecule has 4 heteroatoms. The van der Waals surface area contributed by atoms with Gasteiger partial charge in [-0.15, -0.1) is 0 Å². The summed E-state index contributed by atoms with van der Waals surface area (Å²) in [6.45, 7) is 0.374. The largest absolute Gasteiger partial charge is 0.497 e. The van der Waals surface area contributed by atoms with Crippen LogP contribution in [0.1, 0.15) is 21.5 Å². The van der Waals surface area contributed by atoms with Crippen molar-refractivity contribution in [1.29, 1.82) is 0 Å². The molecule has 0 saturated carbocycles. The van der Waals surface area contributed by atoms with Gasteiger partial charge in [0.25, 0.3) is 0 Å². The van der Waals surface area contributed by atoms with Gasteiger partial charge in [-0.25, -0.2) is 0 Å². The quantitative estimate of drug-likeness (QED) is 0.403. The first-order valence-corrected chi connectivity index (χ1v) is 8.91. The summed E-state index contributed by atoms with van der Waals surface area (Å²) in [6.07, 6.45) is 3.34. The van der Waals surface area contributed by atoms with Crippen molar-refractivity contribution in [2.24, 2.45) is 0 Å². The molecule has 0 fully saturated rings. The third kappa shape index (κ3) is 5.01. The number of methoxy groups -OCH3 is 2. The summed E-state index contributed by atoms with van der Waals surface area (Å²) in [5.41, 5.74) is 2.38. The predicted molar refractivity (Wildman–Crippen MR) is 110 cm³/mol. The van der Waals surface area contributed by atoms with Gasteiger partial charge in [0.15, 0.2) is 5.78 Å². The van der Waals surface area contributed by atoms with Gasteiger partial charge in [0, 0.05) is 11.1 Å². The predicted octanol–water partition coefficient (Wildman–Crippen LogP) is 5.18. The first-order chi connectivity index (χ1) is 13.7. The molecule has 0 spiro atoms. The monoisotopic (exact) mass is 374 g/mol. The zero-order valence-corrected chi connectivity index (χ0v) is 15.9. The molecular formula is C24H22O4. The molecule has 0 aliphatic rings. The van der Waals surface area contributed by atoms with Crippen LogP contribution in [-0.4, -0.2) is 20.0 Å². The maximum atomic E-state index is 12.4. The molecular weight excluding hydrogens is 352 g/mol. The van der Waals surface area contributed by atoms with E-state index in [2.05, 4.69) is 0 Å². The molecule has 0 N–H and O–H groups in total. The average molecular weight is 374 g/mol. The van der Waals surface area contributed by atoms with Crippen molar-refractivity contribution < 1.29 is 19.0 Å². The fourth-order valence-electron chi connectivity index (χ4n) is 2.74. The minimum Gasteiger partial charge on any atom is -0.497 e. The number of carbonyl (C=O) groups is 1. The van der Waals surface area contributed by atoms with Crippen LogP contribution in [0.4, 0.5) is 0 Å². The summed E-state index contributed by atoms with van der Waals surface area (Å²) in [5, 5.41) is 0. The van der Waals surface area contributed by atoms with Crippen LogP contribution in [0.25, 0.3) is 6.08 Å². The van der Waals surface area contributed by atoms with E-state index in [1.54, 1.807) is 44.6 Å². The lowest BCUT2D eigenvalue weighted by Gasteiger charge is -2.11. The second-order valence-corrected chi connectivity index (χ2v) is 6.10. The van der Waals surface area contributed by atoms with Gasteiger partial charge in [0.2, 0.25) is 0 Å². The molecule has 0 atom stereocenters. The number of para-hydroxylation sites is 1. The second kappa shape index (κ2) is 9.42. The van der Waals surface area contributed by atoms with Gasteiger partial charge in [0.1, 0.15) is 23.9 Å². The number of ether oxygens (including phenoxy) is 3. The van der Waals surface area contributed by atoms with Crippen molar-refractivity contribution in [2.75, 3.05) is 14.2 Å². The molecule has 0 aliphatic heterocycles. The molecule has 0 amide bonds. The van der Waals surface area contributed by atoms with E-state index in [9.17, 15) is 4.79 Å². The Labute approximate surface area is 165 Å². The first-order valence-electron chi connectivity index (χ1n) is 8.91. The Morgan fingerprint density at radius 3 is 2.39 bits per heavy atom. The van der Waals surface area contributed by atoms with Crippen LogP contribution in [0.5, 0.6) is 17.2 Å². The van der Waals surface area contributed by atoms with E-state index in [1.807, 2.05) is 54.6 Å². The van der Waals surface area contributed by atoms with Crippen molar-refractivity contribution in [3.05, 3.63) is 95.6 Å². The molecule has 3 aromatic rings. The number of hydrogen-bond donors (Lipinski definition) is 0. The van der Waals surface area contributed by atoms with Crippen molar-refractivity contribution in [3.63, 3.8) is 0 Å². The van der Waals surface area contributed by atoms with Gasteiger partial charge in [-0.3, -0.25) is 4.79 Å². The van der Waals surface area contributed by atoms with Crippen molar-refractivity contribution in [1.82, 2.24) is 0 Å². The van der Waals surface area contributed by atoms with Gasteiger partial charge in [0.05, 0.1) is 14.2 Å². The smallest absolute Gasteiger partial charge is 0.185 e. The van der Waals surface area contributed by atoms with Crippen LogP contribution in [0.3, 0.4) is 0 Å². The van der Waals surface area contributed by atoms with E-state index in [4.69, 9.17) is 14.2 Å². The standard InChI is InChI=1S/C24H22O4/c1-26-22-10-6-7-19(16-22)23(25)13-11-18-12-14-24(27-2)20(15-18)17-28-21-8-4-3-5-9-21/h3-16H,17H2,1-2H3. The lowest BCUT2D eigenvalue weighted by molar-refractivity contribution is 0.104. The fourth-order valence-corrected chi connectivity index (χ4v) is 2.74. The van der Waals surface area contributed by atoms with Crippen molar-refractivity contribution in [2.45, 2.75) is 6.61 Å². The first kappa shape index (κ1) is 19.2. The Balaban J connectivity index is 1.74. The van der Waals surface area contributed by atoms with Crippen LogP contribution in [0.15, 0.2) is 78.9 Å². The lowest BCUT2D eigenvalue weighted by atomic mass is 10.1. The van der Waals surface area contributed by atoms with Gasteiger partial charge in [-0.05, 0) is 48.0 Å². The van der Waals surface area contributed by atoms with E-state index in [0.717, 1.165) is 22.6 Å². The third-order valence-corrected chi connectivity index (χ3v) is 4.22. The fraction of sp³-hybridized carbons (Fsp3) is 0.125. The van der Waals surface area contributed by atoms with Crippen LogP contribution >= 0.6 is 0 Å². The molecule has 0 heterocycles. The van der Waals surface area contributed by atoms with Gasteiger partial charge in [-0.1, -0.05) is 42.5 Å². The van der Waals surface area contributed by atoms with E-state index in [0.29, 0.717) is 17.9 Å². The highest BCUT2D eigenvalue weighted by molar-refractivity contribution is 6.07. The third-order valence-electron chi connectivity index (χ3n) is 4.22. The Bertz CT molecular complexity index is 961. The van der Waals surface area contributed by atoms with Crippen LogP contribution in [-0.2, 0) is 6.61 Å². The molecule has 0 bridgehead atoms. The minimum atomic E-state index is -0.0863. The Morgan fingerprint density at radius 1 is 0.857 bits per heavy atom. The van der Waals surface area contributed by atoms with Crippen LogP contribution < -0.4 is 14.2 Å². The van der Waals surface area contributed by atoms with Crippen LogP contribution in [0, 0.1) is 0 Å². The molecule has 28 heavy (non-hydrogen) atoms. The Kier molecular flexibility index (Phi) is 6.47. The normalized spacial score (nSPS) is 10.6. The van der Waals surface area contributed by atoms with E-state index in [1.165, 1.54) is 0 Å². The number of benzene rings is 3. The average Bonchev–Trinajstić information content (AvgIpc) is 2.76. The summed E-state index contributed by atoms with van der Waals surface area (Å²) in [5.74, 6) is 2.10. The summed E-state index contributed by atoms with van der Waals surface area (Å²) in [6, 6.07) is 22.4. The SMILES string of the molecule is COc1cccc(C(=O)C=Cc2ccc(OC)c(COc3ccccc3)c2)c1. The number of hydrogen-bond acceptors (Lipinski definition) is 4. The molecule has 0 unspecified atom stereocenters. The van der Waals surface area contributed by atoms with Crippen LogP contribution in [0.2, 0.25) is 0 Å². The lowest BCUT2D eigenvalue weighted by Crippen LogP contribution is -1.99.